The molecule has 18 heavy (non-hydrogen) atoms. The van der Waals surface area contributed by atoms with Gasteiger partial charge in [0.15, 0.2) is 0 Å². The zero-order valence-electron chi connectivity index (χ0n) is 12.2. The van der Waals surface area contributed by atoms with Gasteiger partial charge in [0, 0.05) is 13.0 Å². The second-order valence-electron chi connectivity index (χ2n) is 5.95. The zero-order chi connectivity index (χ0) is 13.8. The van der Waals surface area contributed by atoms with Gasteiger partial charge in [0.1, 0.15) is 0 Å². The lowest BCUT2D eigenvalue weighted by Gasteiger charge is -2.35. The number of aliphatic hydroxyl groups is 1. The average molecular weight is 266 g/mol. The van der Waals surface area contributed by atoms with Crippen LogP contribution in [0.5, 0.6) is 0 Å². The summed E-state index contributed by atoms with van der Waals surface area (Å²) in [5, 5.41) is 10.6. The van der Waals surface area contributed by atoms with E-state index >= 15 is 0 Å². The van der Waals surface area contributed by atoms with E-state index in [1.165, 1.54) is 0 Å². The molecule has 2 nitrogen and oxygen atoms in total. The number of methoxy groups -OCH3 is 1. The maximum absolute atomic E-state index is 10.6. The Hall–Kier alpha value is -0.643. The molecule has 1 rings (SSSR count). The van der Waals surface area contributed by atoms with Crippen molar-refractivity contribution < 1.29 is 9.84 Å². The number of benzene rings is 1. The standard InChI is InChI=1S/C15H26O2Si/c1-6-13(15(16)18(3,4)5)14(17-2)12-10-8-7-9-11-12/h7-11,13-16H,6H2,1-5H3/t13-,14+,15+/m0/s1. The molecular formula is C15H26O2Si. The van der Waals surface area contributed by atoms with Crippen molar-refractivity contribution >= 4 is 8.07 Å². The number of hydrogen-bond acceptors (Lipinski definition) is 2. The molecule has 1 N–H and O–H groups in total. The summed E-state index contributed by atoms with van der Waals surface area (Å²) in [5.41, 5.74) is 0.914. The maximum atomic E-state index is 10.6. The number of aliphatic hydroxyl groups excluding tert-OH is 1. The molecular weight excluding hydrogens is 240 g/mol. The average Bonchev–Trinajstić information content (AvgIpc) is 2.35. The van der Waals surface area contributed by atoms with Gasteiger partial charge in [0.05, 0.1) is 19.9 Å². The molecule has 0 saturated carbocycles. The van der Waals surface area contributed by atoms with Gasteiger partial charge in [0.25, 0.3) is 0 Å². The van der Waals surface area contributed by atoms with Crippen LogP contribution >= 0.6 is 0 Å². The molecule has 102 valence electrons. The van der Waals surface area contributed by atoms with Gasteiger partial charge in [-0.3, -0.25) is 0 Å². The molecule has 1 aromatic carbocycles. The Morgan fingerprint density at radius 1 is 1.17 bits per heavy atom. The second kappa shape index (κ2) is 6.50. The molecule has 1 aromatic rings. The molecule has 0 aliphatic carbocycles. The van der Waals surface area contributed by atoms with Crippen molar-refractivity contribution in [2.45, 2.75) is 44.8 Å². The third kappa shape index (κ3) is 3.67. The first-order chi connectivity index (χ1) is 8.41. The van der Waals surface area contributed by atoms with Crippen LogP contribution in [-0.4, -0.2) is 26.0 Å². The van der Waals surface area contributed by atoms with Crippen molar-refractivity contribution in [3.63, 3.8) is 0 Å². The molecule has 0 saturated heterocycles. The summed E-state index contributed by atoms with van der Waals surface area (Å²) >= 11 is 0. The van der Waals surface area contributed by atoms with Crippen LogP contribution in [0.3, 0.4) is 0 Å². The normalized spacial score (nSPS) is 17.2. The molecule has 3 heteroatoms. The van der Waals surface area contributed by atoms with Crippen LogP contribution in [0.15, 0.2) is 30.3 Å². The van der Waals surface area contributed by atoms with E-state index in [0.717, 1.165) is 12.0 Å². The number of ether oxygens (including phenoxy) is 1. The third-order valence-electron chi connectivity index (χ3n) is 3.54. The molecule has 0 unspecified atom stereocenters. The quantitative estimate of drug-likeness (QED) is 0.797. The Bertz CT molecular complexity index is 345. The van der Waals surface area contributed by atoms with Gasteiger partial charge in [-0.15, -0.1) is 0 Å². The summed E-state index contributed by atoms with van der Waals surface area (Å²) in [6.07, 6.45) is 0.914. The van der Waals surface area contributed by atoms with Crippen LogP contribution in [0.2, 0.25) is 19.6 Å². The fourth-order valence-electron chi connectivity index (χ4n) is 2.45. The summed E-state index contributed by atoms with van der Waals surface area (Å²) in [5.74, 6) is 0.170. The van der Waals surface area contributed by atoms with Gasteiger partial charge in [-0.1, -0.05) is 56.9 Å². The molecule has 0 bridgehead atoms. The Morgan fingerprint density at radius 2 is 1.72 bits per heavy atom. The van der Waals surface area contributed by atoms with Crippen LogP contribution in [0.25, 0.3) is 0 Å². The molecule has 0 spiro atoms. The van der Waals surface area contributed by atoms with Gasteiger partial charge >= 0.3 is 0 Å². The third-order valence-corrected chi connectivity index (χ3v) is 5.74. The summed E-state index contributed by atoms with van der Waals surface area (Å²) in [6.45, 7) is 8.75. The van der Waals surface area contributed by atoms with Crippen LogP contribution in [0.4, 0.5) is 0 Å². The van der Waals surface area contributed by atoms with Crippen molar-refractivity contribution in [2.24, 2.45) is 5.92 Å². The molecule has 0 aromatic heterocycles. The van der Waals surface area contributed by atoms with E-state index in [0.29, 0.717) is 0 Å². The zero-order valence-corrected chi connectivity index (χ0v) is 13.2. The van der Waals surface area contributed by atoms with E-state index < -0.39 is 8.07 Å². The van der Waals surface area contributed by atoms with Crippen LogP contribution in [0.1, 0.15) is 25.0 Å². The van der Waals surface area contributed by atoms with Crippen molar-refractivity contribution in [3.05, 3.63) is 35.9 Å². The van der Waals surface area contributed by atoms with Crippen molar-refractivity contribution in [2.75, 3.05) is 7.11 Å². The minimum Gasteiger partial charge on any atom is -0.396 e. The molecule has 0 aliphatic heterocycles. The van der Waals surface area contributed by atoms with E-state index in [9.17, 15) is 5.11 Å². The van der Waals surface area contributed by atoms with E-state index in [1.54, 1.807) is 7.11 Å². The van der Waals surface area contributed by atoms with Crippen LogP contribution < -0.4 is 0 Å². The highest BCUT2D eigenvalue weighted by Gasteiger charge is 2.36. The predicted molar refractivity (Wildman–Crippen MR) is 79.3 cm³/mol. The number of rotatable bonds is 6. The lowest BCUT2D eigenvalue weighted by molar-refractivity contribution is 0.00686. The van der Waals surface area contributed by atoms with Gasteiger partial charge in [0.2, 0.25) is 0 Å². The summed E-state index contributed by atoms with van der Waals surface area (Å²) in [4.78, 5) is 0. The van der Waals surface area contributed by atoms with Gasteiger partial charge < -0.3 is 9.84 Å². The highest BCUT2D eigenvalue weighted by molar-refractivity contribution is 6.77. The molecule has 0 heterocycles. The highest BCUT2D eigenvalue weighted by Crippen LogP contribution is 2.33. The topological polar surface area (TPSA) is 29.5 Å². The van der Waals surface area contributed by atoms with Crippen LogP contribution in [-0.2, 0) is 4.74 Å². The van der Waals surface area contributed by atoms with E-state index in [1.807, 2.05) is 18.2 Å². The monoisotopic (exact) mass is 266 g/mol. The van der Waals surface area contributed by atoms with Gasteiger partial charge in [-0.05, 0) is 12.0 Å². The second-order valence-corrected chi connectivity index (χ2v) is 11.3. The largest absolute Gasteiger partial charge is 0.396 e. The molecule has 0 amide bonds. The predicted octanol–water partition coefficient (Wildman–Crippen LogP) is 3.64. The fraction of sp³-hybridized carbons (Fsp3) is 0.600. The van der Waals surface area contributed by atoms with Gasteiger partial charge in [-0.2, -0.15) is 0 Å². The Morgan fingerprint density at radius 3 is 2.11 bits per heavy atom. The Balaban J connectivity index is 2.98. The van der Waals surface area contributed by atoms with Gasteiger partial charge in [-0.25, -0.2) is 0 Å². The van der Waals surface area contributed by atoms with Crippen LogP contribution in [0, 0.1) is 5.92 Å². The van der Waals surface area contributed by atoms with Crippen molar-refractivity contribution in [1.82, 2.24) is 0 Å². The molecule has 0 radical (unpaired) electrons. The first-order valence-electron chi connectivity index (χ1n) is 6.67. The minimum absolute atomic E-state index is 0.0158. The summed E-state index contributed by atoms with van der Waals surface area (Å²) < 4.78 is 5.67. The summed E-state index contributed by atoms with van der Waals surface area (Å²) in [7, 11) is 0.152. The first-order valence-corrected chi connectivity index (χ1v) is 10.2. The SMILES string of the molecule is CC[C@@H]([C@H](OC)c1ccccc1)[C@H](O)[Si](C)(C)C. The summed E-state index contributed by atoms with van der Waals surface area (Å²) in [6, 6.07) is 10.2. The minimum atomic E-state index is -1.58. The van der Waals surface area contributed by atoms with E-state index in [2.05, 4.69) is 38.7 Å². The van der Waals surface area contributed by atoms with Crippen molar-refractivity contribution in [1.29, 1.82) is 0 Å². The van der Waals surface area contributed by atoms with E-state index in [4.69, 9.17) is 4.74 Å². The Kier molecular flexibility index (Phi) is 5.57. The molecule has 3 atom stereocenters. The number of hydrogen-bond donors (Lipinski definition) is 1. The highest BCUT2D eigenvalue weighted by atomic mass is 28.3. The Labute approximate surface area is 112 Å². The van der Waals surface area contributed by atoms with Crippen molar-refractivity contribution in [3.8, 4) is 0 Å². The lowest BCUT2D eigenvalue weighted by atomic mass is 9.94. The molecule has 0 aliphatic rings. The maximum Gasteiger partial charge on any atom is 0.0870 e. The first kappa shape index (κ1) is 15.4. The lowest BCUT2D eigenvalue weighted by Crippen LogP contribution is -2.45. The van der Waals surface area contributed by atoms with E-state index in [-0.39, 0.29) is 17.7 Å². The smallest absolute Gasteiger partial charge is 0.0870 e. The fourth-order valence-corrected chi connectivity index (χ4v) is 4.14. The molecule has 0 fully saturated rings.